The molecule has 3 rings (SSSR count). The van der Waals surface area contributed by atoms with Crippen LogP contribution in [0.25, 0.3) is 0 Å². The molecular formula is C18H18N2O4. The Labute approximate surface area is 139 Å². The summed E-state index contributed by atoms with van der Waals surface area (Å²) in [4.78, 5) is 14.3. The lowest BCUT2D eigenvalue weighted by Crippen LogP contribution is -2.33. The smallest absolute Gasteiger partial charge is 0.322 e. The van der Waals surface area contributed by atoms with Gasteiger partial charge in [-0.15, -0.1) is 0 Å². The summed E-state index contributed by atoms with van der Waals surface area (Å²) in [5.74, 6) is 2.07. The van der Waals surface area contributed by atoms with E-state index in [2.05, 4.69) is 5.32 Å². The Kier molecular flexibility index (Phi) is 4.86. The van der Waals surface area contributed by atoms with Gasteiger partial charge in [-0.25, -0.2) is 4.79 Å². The van der Waals surface area contributed by atoms with Crippen molar-refractivity contribution in [2.75, 3.05) is 12.4 Å². The number of amides is 2. The van der Waals surface area contributed by atoms with Crippen molar-refractivity contribution < 1.29 is 18.4 Å². The second kappa shape index (κ2) is 7.41. The molecule has 2 aromatic heterocycles. The molecule has 0 bridgehead atoms. The number of carbonyl (C=O) groups excluding carboxylic acids is 1. The molecule has 24 heavy (non-hydrogen) atoms. The first kappa shape index (κ1) is 15.7. The standard InChI is InChI=1S/C18H18N2O4/c1-22-15-6-2-5-14(11-15)19-18(21)20(12-16-7-3-9-23-16)13-17-8-4-10-24-17/h2-11H,12-13H2,1H3,(H,19,21). The van der Waals surface area contributed by atoms with Gasteiger partial charge in [-0.3, -0.25) is 0 Å². The second-order valence-corrected chi connectivity index (χ2v) is 5.18. The zero-order valence-corrected chi connectivity index (χ0v) is 13.3. The van der Waals surface area contributed by atoms with Crippen LogP contribution < -0.4 is 10.1 Å². The van der Waals surface area contributed by atoms with Crippen molar-refractivity contribution >= 4 is 11.7 Å². The Bertz CT molecular complexity index is 730. The Balaban J connectivity index is 1.74. The summed E-state index contributed by atoms with van der Waals surface area (Å²) < 4.78 is 15.9. The molecule has 124 valence electrons. The minimum atomic E-state index is -0.254. The highest BCUT2D eigenvalue weighted by Crippen LogP contribution is 2.18. The summed E-state index contributed by atoms with van der Waals surface area (Å²) in [6.45, 7) is 0.674. The molecule has 1 N–H and O–H groups in total. The van der Waals surface area contributed by atoms with Crippen LogP contribution >= 0.6 is 0 Å². The first-order chi connectivity index (χ1) is 11.7. The summed E-state index contributed by atoms with van der Waals surface area (Å²) in [7, 11) is 1.58. The van der Waals surface area contributed by atoms with Gasteiger partial charge in [-0.2, -0.15) is 0 Å². The first-order valence-electron chi connectivity index (χ1n) is 7.49. The van der Waals surface area contributed by atoms with Gasteiger partial charge in [0.2, 0.25) is 0 Å². The molecule has 0 fully saturated rings. The molecule has 0 aliphatic rings. The van der Waals surface area contributed by atoms with Crippen molar-refractivity contribution in [3.8, 4) is 5.75 Å². The zero-order chi connectivity index (χ0) is 16.8. The number of urea groups is 1. The summed E-state index contributed by atoms with van der Waals surface area (Å²) in [6, 6.07) is 14.2. The van der Waals surface area contributed by atoms with E-state index in [0.29, 0.717) is 36.0 Å². The third kappa shape index (κ3) is 3.98. The molecular weight excluding hydrogens is 308 g/mol. The quantitative estimate of drug-likeness (QED) is 0.740. The van der Waals surface area contributed by atoms with E-state index in [0.717, 1.165) is 0 Å². The van der Waals surface area contributed by atoms with Gasteiger partial charge in [-0.05, 0) is 36.4 Å². The molecule has 2 heterocycles. The van der Waals surface area contributed by atoms with Crippen LogP contribution in [0.5, 0.6) is 5.75 Å². The van der Waals surface area contributed by atoms with Crippen molar-refractivity contribution in [3.63, 3.8) is 0 Å². The molecule has 0 saturated carbocycles. The number of anilines is 1. The van der Waals surface area contributed by atoms with Crippen LogP contribution in [0.1, 0.15) is 11.5 Å². The molecule has 0 saturated heterocycles. The van der Waals surface area contributed by atoms with Crippen LogP contribution in [0.4, 0.5) is 10.5 Å². The van der Waals surface area contributed by atoms with E-state index in [1.54, 1.807) is 48.8 Å². The molecule has 3 aromatic rings. The Hall–Kier alpha value is -3.15. The van der Waals surface area contributed by atoms with Crippen molar-refractivity contribution in [2.45, 2.75) is 13.1 Å². The summed E-state index contributed by atoms with van der Waals surface area (Å²) in [5, 5.41) is 2.87. The summed E-state index contributed by atoms with van der Waals surface area (Å²) >= 11 is 0. The molecule has 0 aliphatic heterocycles. The number of hydrogen-bond donors (Lipinski definition) is 1. The van der Waals surface area contributed by atoms with E-state index >= 15 is 0 Å². The van der Waals surface area contributed by atoms with Gasteiger partial charge in [0.05, 0.1) is 32.7 Å². The maximum Gasteiger partial charge on any atom is 0.322 e. The fourth-order valence-electron chi connectivity index (χ4n) is 2.28. The van der Waals surface area contributed by atoms with Gasteiger partial charge < -0.3 is 23.8 Å². The molecule has 0 spiro atoms. The van der Waals surface area contributed by atoms with Gasteiger partial charge in [0, 0.05) is 11.8 Å². The third-order valence-electron chi connectivity index (χ3n) is 3.46. The average Bonchev–Trinajstić information content (AvgIpc) is 3.28. The minimum absolute atomic E-state index is 0.254. The van der Waals surface area contributed by atoms with E-state index in [4.69, 9.17) is 13.6 Å². The molecule has 2 amide bonds. The maximum absolute atomic E-state index is 12.7. The highest BCUT2D eigenvalue weighted by atomic mass is 16.5. The number of furan rings is 2. The van der Waals surface area contributed by atoms with Gasteiger partial charge in [0.1, 0.15) is 17.3 Å². The maximum atomic E-state index is 12.7. The zero-order valence-electron chi connectivity index (χ0n) is 13.3. The fourth-order valence-corrected chi connectivity index (χ4v) is 2.28. The predicted octanol–water partition coefficient (Wildman–Crippen LogP) is 4.12. The van der Waals surface area contributed by atoms with Crippen molar-refractivity contribution in [1.82, 2.24) is 4.90 Å². The Morgan fingerprint density at radius 2 is 1.71 bits per heavy atom. The lowest BCUT2D eigenvalue weighted by atomic mass is 10.3. The fraction of sp³-hybridized carbons (Fsp3) is 0.167. The SMILES string of the molecule is COc1cccc(NC(=O)N(Cc2ccco2)Cc2ccco2)c1. The van der Waals surface area contributed by atoms with Crippen LogP contribution in [-0.4, -0.2) is 18.0 Å². The number of rotatable bonds is 6. The topological polar surface area (TPSA) is 67.8 Å². The van der Waals surface area contributed by atoms with E-state index < -0.39 is 0 Å². The normalized spacial score (nSPS) is 10.4. The van der Waals surface area contributed by atoms with Gasteiger partial charge in [0.25, 0.3) is 0 Å². The lowest BCUT2D eigenvalue weighted by molar-refractivity contribution is 0.195. The van der Waals surface area contributed by atoms with Gasteiger partial charge in [0.15, 0.2) is 0 Å². The van der Waals surface area contributed by atoms with Gasteiger partial charge >= 0.3 is 6.03 Å². The molecule has 0 atom stereocenters. The van der Waals surface area contributed by atoms with Crippen LogP contribution in [0.3, 0.4) is 0 Å². The van der Waals surface area contributed by atoms with Gasteiger partial charge in [-0.1, -0.05) is 6.07 Å². The number of nitrogens with one attached hydrogen (secondary N) is 1. The molecule has 0 radical (unpaired) electrons. The van der Waals surface area contributed by atoms with Crippen LogP contribution in [0.15, 0.2) is 69.9 Å². The summed E-state index contributed by atoms with van der Waals surface area (Å²) in [5.41, 5.74) is 0.656. The van der Waals surface area contributed by atoms with E-state index in [1.165, 1.54) is 0 Å². The van der Waals surface area contributed by atoms with E-state index in [9.17, 15) is 4.79 Å². The highest BCUT2D eigenvalue weighted by molar-refractivity contribution is 5.89. The lowest BCUT2D eigenvalue weighted by Gasteiger charge is -2.21. The van der Waals surface area contributed by atoms with E-state index in [1.807, 2.05) is 24.3 Å². The molecule has 0 unspecified atom stereocenters. The number of hydrogen-bond acceptors (Lipinski definition) is 4. The first-order valence-corrected chi connectivity index (χ1v) is 7.49. The molecule has 0 aliphatic carbocycles. The monoisotopic (exact) mass is 326 g/mol. The van der Waals surface area contributed by atoms with Crippen molar-refractivity contribution in [2.24, 2.45) is 0 Å². The largest absolute Gasteiger partial charge is 0.497 e. The van der Waals surface area contributed by atoms with Crippen molar-refractivity contribution in [3.05, 3.63) is 72.6 Å². The highest BCUT2D eigenvalue weighted by Gasteiger charge is 2.17. The predicted molar refractivity (Wildman–Crippen MR) is 88.7 cm³/mol. The van der Waals surface area contributed by atoms with E-state index in [-0.39, 0.29) is 6.03 Å². The number of carbonyl (C=O) groups is 1. The number of methoxy groups -OCH3 is 1. The molecule has 6 heteroatoms. The van der Waals surface area contributed by atoms with Crippen LogP contribution in [0.2, 0.25) is 0 Å². The molecule has 1 aromatic carbocycles. The Morgan fingerprint density at radius 3 is 2.25 bits per heavy atom. The van der Waals surface area contributed by atoms with Crippen LogP contribution in [0, 0.1) is 0 Å². The van der Waals surface area contributed by atoms with Crippen molar-refractivity contribution in [1.29, 1.82) is 0 Å². The summed E-state index contributed by atoms with van der Waals surface area (Å²) in [6.07, 6.45) is 3.17. The number of benzene rings is 1. The second-order valence-electron chi connectivity index (χ2n) is 5.18. The average molecular weight is 326 g/mol. The Morgan fingerprint density at radius 1 is 1.04 bits per heavy atom. The van der Waals surface area contributed by atoms with Crippen LogP contribution in [-0.2, 0) is 13.1 Å². The number of nitrogens with zero attached hydrogens (tertiary/aromatic N) is 1. The molecule has 6 nitrogen and oxygen atoms in total. The minimum Gasteiger partial charge on any atom is -0.497 e. The number of ether oxygens (including phenoxy) is 1. The third-order valence-corrected chi connectivity index (χ3v) is 3.46.